The van der Waals surface area contributed by atoms with Crippen LogP contribution < -0.4 is 20.3 Å². The van der Waals surface area contributed by atoms with Crippen LogP contribution in [0.5, 0.6) is 5.75 Å². The number of rotatable bonds is 12. The zero-order valence-electron chi connectivity index (χ0n) is 27.4. The number of aliphatic carboxylic acids is 1. The number of nitrogens with one attached hydrogen (secondary N) is 2. The number of ether oxygens (including phenoxy) is 2. The van der Waals surface area contributed by atoms with Gasteiger partial charge in [0.1, 0.15) is 17.3 Å². The van der Waals surface area contributed by atoms with Crippen LogP contribution in [-0.2, 0) is 15.7 Å². The van der Waals surface area contributed by atoms with Gasteiger partial charge in [0, 0.05) is 51.2 Å². The van der Waals surface area contributed by atoms with Crippen LogP contribution in [0.1, 0.15) is 67.6 Å². The minimum atomic E-state index is -4.64. The molecule has 2 aromatic rings. The Morgan fingerprint density at radius 2 is 1.92 bits per heavy atom. The van der Waals surface area contributed by atoms with Crippen LogP contribution in [0.15, 0.2) is 35.5 Å². The summed E-state index contributed by atoms with van der Waals surface area (Å²) in [5.74, 6) is -1.35. The number of benzene rings is 1. The van der Waals surface area contributed by atoms with Crippen molar-refractivity contribution in [3.8, 4) is 5.75 Å². The highest BCUT2D eigenvalue weighted by atomic mass is 32.2. The van der Waals surface area contributed by atoms with E-state index < -0.39 is 29.1 Å². The normalized spacial score (nSPS) is 20.5. The van der Waals surface area contributed by atoms with Gasteiger partial charge in [-0.05, 0) is 61.4 Å². The van der Waals surface area contributed by atoms with Crippen LogP contribution in [0.4, 0.5) is 19.0 Å². The van der Waals surface area contributed by atoms with Crippen molar-refractivity contribution >= 4 is 35.2 Å². The molecule has 3 aliphatic rings. The number of alkyl halides is 3. The quantitative estimate of drug-likeness (QED) is 0.259. The minimum absolute atomic E-state index is 0.0867. The Labute approximate surface area is 282 Å². The molecule has 5 rings (SSSR count). The second-order valence-electron chi connectivity index (χ2n) is 13.2. The number of halogens is 3. The van der Waals surface area contributed by atoms with Crippen molar-refractivity contribution < 1.29 is 37.3 Å². The molecule has 3 N–H and O–H groups in total. The highest BCUT2D eigenvalue weighted by Gasteiger charge is 2.37. The second-order valence-corrected chi connectivity index (χ2v) is 14.4. The fourth-order valence-corrected chi connectivity index (χ4v) is 7.50. The Bertz CT molecular complexity index is 1480. The van der Waals surface area contributed by atoms with Gasteiger partial charge in [-0.1, -0.05) is 25.6 Å². The molecular formula is C33H43F3N6O5S. The maximum Gasteiger partial charge on any atom is 0.419 e. The van der Waals surface area contributed by atoms with Gasteiger partial charge >= 0.3 is 12.1 Å². The fourth-order valence-electron chi connectivity index (χ4n) is 6.32. The number of methoxy groups -OCH3 is 1. The van der Waals surface area contributed by atoms with Crippen LogP contribution >= 0.6 is 11.8 Å². The average Bonchev–Trinajstić information content (AvgIpc) is 3.43. The number of piperidine rings is 2. The smallest absolute Gasteiger partial charge is 0.419 e. The number of carbonyl (C=O) groups excluding carboxylic acids is 1. The molecule has 0 radical (unpaired) electrons. The first-order chi connectivity index (χ1) is 22.8. The summed E-state index contributed by atoms with van der Waals surface area (Å²) in [5.41, 5.74) is -0.454. The predicted octanol–water partition coefficient (Wildman–Crippen LogP) is 5.05. The number of nitrogens with zero attached hydrogens (tertiary/aromatic N) is 4. The lowest BCUT2D eigenvalue weighted by Gasteiger charge is -2.38. The van der Waals surface area contributed by atoms with E-state index in [4.69, 9.17) is 9.47 Å². The van der Waals surface area contributed by atoms with Crippen molar-refractivity contribution in [3.63, 3.8) is 0 Å². The molecule has 48 heavy (non-hydrogen) atoms. The number of likely N-dealkylation sites (tertiary alicyclic amines) is 1. The summed E-state index contributed by atoms with van der Waals surface area (Å²) in [6.07, 6.45) is 1.82. The molecule has 1 atom stereocenters. The van der Waals surface area contributed by atoms with E-state index >= 15 is 0 Å². The summed E-state index contributed by atoms with van der Waals surface area (Å²) in [6.45, 7) is 8.18. The number of carboxylic acid groups (broad SMARTS) is 1. The molecule has 3 aliphatic heterocycles. The Balaban J connectivity index is 1.32. The Morgan fingerprint density at radius 1 is 1.15 bits per heavy atom. The third-order valence-corrected chi connectivity index (χ3v) is 9.88. The molecule has 0 aliphatic carbocycles. The number of hydrogen-bond donors (Lipinski definition) is 3. The van der Waals surface area contributed by atoms with Gasteiger partial charge in [0.25, 0.3) is 5.91 Å². The highest BCUT2D eigenvalue weighted by molar-refractivity contribution is 8.04. The predicted molar refractivity (Wildman–Crippen MR) is 176 cm³/mol. The minimum Gasteiger partial charge on any atom is -0.493 e. The lowest BCUT2D eigenvalue weighted by molar-refractivity contribution is -0.142. The van der Waals surface area contributed by atoms with Gasteiger partial charge in [-0.3, -0.25) is 14.5 Å². The van der Waals surface area contributed by atoms with Crippen molar-refractivity contribution in [2.45, 2.75) is 57.6 Å². The third-order valence-electron chi connectivity index (χ3n) is 8.79. The Kier molecular flexibility index (Phi) is 11.4. The molecule has 11 nitrogen and oxygen atoms in total. The van der Waals surface area contributed by atoms with Crippen LogP contribution in [0.25, 0.3) is 5.70 Å². The first-order valence-electron chi connectivity index (χ1n) is 16.2. The molecule has 2 saturated heterocycles. The molecule has 0 saturated carbocycles. The van der Waals surface area contributed by atoms with Gasteiger partial charge in [0.2, 0.25) is 0 Å². The van der Waals surface area contributed by atoms with Gasteiger partial charge < -0.3 is 30.1 Å². The summed E-state index contributed by atoms with van der Waals surface area (Å²) in [7, 11) is 1.52. The molecule has 262 valence electrons. The molecule has 1 unspecified atom stereocenters. The molecule has 15 heteroatoms. The van der Waals surface area contributed by atoms with Crippen molar-refractivity contribution in [3.05, 3.63) is 52.3 Å². The average molecular weight is 693 g/mol. The molecule has 2 fully saturated rings. The monoisotopic (exact) mass is 692 g/mol. The lowest BCUT2D eigenvalue weighted by Crippen LogP contribution is -2.41. The van der Waals surface area contributed by atoms with Crippen molar-refractivity contribution in [2.24, 2.45) is 11.3 Å². The zero-order valence-corrected chi connectivity index (χ0v) is 28.3. The van der Waals surface area contributed by atoms with E-state index in [1.165, 1.54) is 37.3 Å². The Morgan fingerprint density at radius 3 is 2.56 bits per heavy atom. The van der Waals surface area contributed by atoms with Gasteiger partial charge in [0.15, 0.2) is 5.50 Å². The number of carbonyl (C=O) groups is 2. The van der Waals surface area contributed by atoms with E-state index in [0.717, 1.165) is 36.9 Å². The number of thioether (sulfide) groups is 1. The van der Waals surface area contributed by atoms with Crippen molar-refractivity contribution in [1.82, 2.24) is 25.5 Å². The van der Waals surface area contributed by atoms with Crippen LogP contribution in [0.2, 0.25) is 0 Å². The summed E-state index contributed by atoms with van der Waals surface area (Å²) in [6, 6.07) is 4.05. The largest absolute Gasteiger partial charge is 0.493 e. The molecule has 0 bridgehead atoms. The lowest BCUT2D eigenvalue weighted by atomic mass is 9.84. The zero-order chi connectivity index (χ0) is 34.5. The van der Waals surface area contributed by atoms with E-state index in [9.17, 15) is 27.9 Å². The van der Waals surface area contributed by atoms with E-state index in [0.29, 0.717) is 62.6 Å². The third kappa shape index (κ3) is 9.11. The number of hydrogen-bond acceptors (Lipinski definition) is 10. The SMILES string of the molecule is COCCCOc1ccc(C2=C(CN3CCCC(C)(C)C3)SC(NC(=O)c3cnc(N4CCC(C(=O)O)CC4)cn3)N2)cc1C(F)(F)F. The maximum atomic E-state index is 14.2. The van der Waals surface area contributed by atoms with Crippen molar-refractivity contribution in [1.29, 1.82) is 0 Å². The number of anilines is 1. The topological polar surface area (TPSA) is 129 Å². The first-order valence-corrected chi connectivity index (χ1v) is 17.0. The van der Waals surface area contributed by atoms with Gasteiger partial charge in [-0.15, -0.1) is 0 Å². The summed E-state index contributed by atoms with van der Waals surface area (Å²) in [5, 5.41) is 15.4. The molecule has 1 amide bonds. The van der Waals surface area contributed by atoms with Crippen LogP contribution in [-0.4, -0.2) is 90.4 Å². The summed E-state index contributed by atoms with van der Waals surface area (Å²) < 4.78 is 53.2. The molecular weight excluding hydrogens is 649 g/mol. The highest BCUT2D eigenvalue weighted by Crippen LogP contribution is 2.41. The van der Waals surface area contributed by atoms with E-state index in [-0.39, 0.29) is 29.4 Å². The molecule has 1 aromatic heterocycles. The number of carboxylic acids is 1. The molecule has 1 aromatic carbocycles. The van der Waals surface area contributed by atoms with Gasteiger partial charge in [-0.2, -0.15) is 13.2 Å². The maximum absolute atomic E-state index is 14.2. The standard InChI is InChI=1S/C33H43F3N6O5S/c1-32(2)10-4-11-41(20-32)19-26-28(22-6-7-25(47-15-5-14-46-3)23(16-22)33(34,35)36)39-31(48-26)40-29(43)24-17-38-27(18-37-24)42-12-8-21(9-13-42)30(44)45/h6-7,16-18,21,31,39H,4-5,8-15,19-20H2,1-3H3,(H,40,43)(H,44,45). The molecule has 4 heterocycles. The van der Waals surface area contributed by atoms with Crippen LogP contribution in [0.3, 0.4) is 0 Å². The second kappa shape index (κ2) is 15.3. The summed E-state index contributed by atoms with van der Waals surface area (Å²) >= 11 is 1.36. The van der Waals surface area contributed by atoms with Gasteiger partial charge in [-0.25, -0.2) is 9.97 Å². The molecule has 0 spiro atoms. The van der Waals surface area contributed by atoms with E-state index in [2.05, 4.69) is 39.3 Å². The number of amides is 1. The van der Waals surface area contributed by atoms with E-state index in [1.54, 1.807) is 6.07 Å². The van der Waals surface area contributed by atoms with Gasteiger partial charge in [0.05, 0.1) is 36.2 Å². The fraction of sp³-hybridized carbons (Fsp3) is 0.576. The summed E-state index contributed by atoms with van der Waals surface area (Å²) in [4.78, 5) is 38.3. The van der Waals surface area contributed by atoms with Crippen molar-refractivity contribution in [2.75, 3.05) is 57.9 Å². The van der Waals surface area contributed by atoms with Crippen LogP contribution in [0, 0.1) is 11.3 Å². The first kappa shape index (κ1) is 35.7. The number of aromatic nitrogens is 2. The van der Waals surface area contributed by atoms with E-state index in [1.807, 2.05) is 4.90 Å². The Hall–Kier alpha value is -3.56.